The first kappa shape index (κ1) is 19.1. The normalized spacial score (nSPS) is 11.5. The maximum Gasteiger partial charge on any atom is 0.337 e. The van der Waals surface area contributed by atoms with Crippen LogP contribution >= 0.6 is 11.6 Å². The molecule has 0 saturated heterocycles. The van der Waals surface area contributed by atoms with Crippen LogP contribution in [0.4, 0.5) is 4.39 Å². The number of halogens is 2. The molecule has 2 aromatic heterocycles. The van der Waals surface area contributed by atoms with Crippen LogP contribution < -0.4 is 11.2 Å². The maximum atomic E-state index is 13.4. The molecule has 0 unspecified atom stereocenters. The zero-order valence-electron chi connectivity index (χ0n) is 15.8. The lowest BCUT2D eigenvalue weighted by molar-refractivity contribution is 0.538. The molecule has 0 aliphatic heterocycles. The van der Waals surface area contributed by atoms with Gasteiger partial charge in [0.2, 0.25) is 0 Å². The van der Waals surface area contributed by atoms with Gasteiger partial charge in [-0.15, -0.1) is 0 Å². The smallest absolute Gasteiger partial charge is 0.320 e. The minimum absolute atomic E-state index is 0.218. The van der Waals surface area contributed by atoms with Crippen molar-refractivity contribution >= 4 is 22.8 Å². The average Bonchev–Trinajstić information content (AvgIpc) is 3.08. The quantitative estimate of drug-likeness (QED) is 0.512. The molecule has 0 radical (unpaired) electrons. The third kappa shape index (κ3) is 3.27. The van der Waals surface area contributed by atoms with E-state index in [1.165, 1.54) is 39.7 Å². The van der Waals surface area contributed by atoms with Crippen LogP contribution in [0.1, 0.15) is 25.5 Å². The summed E-state index contributed by atoms with van der Waals surface area (Å²) in [4.78, 5) is 30.6. The molecular formula is C21H18ClFN4O2. The van der Waals surface area contributed by atoms with Crippen molar-refractivity contribution < 1.29 is 4.39 Å². The van der Waals surface area contributed by atoms with Gasteiger partial charge in [0.15, 0.2) is 11.2 Å². The summed E-state index contributed by atoms with van der Waals surface area (Å²) in [5.41, 5.74) is 0.801. The lowest BCUT2D eigenvalue weighted by Gasteiger charge is -2.15. The summed E-state index contributed by atoms with van der Waals surface area (Å²) >= 11 is 6.27. The monoisotopic (exact) mass is 412 g/mol. The van der Waals surface area contributed by atoms with E-state index in [1.54, 1.807) is 24.5 Å². The van der Waals surface area contributed by atoms with Crippen molar-refractivity contribution in [2.75, 3.05) is 0 Å². The average molecular weight is 413 g/mol. The molecule has 0 amide bonds. The van der Waals surface area contributed by atoms with Gasteiger partial charge in [-0.3, -0.25) is 9.36 Å². The summed E-state index contributed by atoms with van der Waals surface area (Å²) in [7, 11) is 0. The summed E-state index contributed by atoms with van der Waals surface area (Å²) in [5, 5.41) is 0.574. The van der Waals surface area contributed by atoms with Crippen molar-refractivity contribution in [3.05, 3.63) is 92.1 Å². The predicted molar refractivity (Wildman–Crippen MR) is 110 cm³/mol. The van der Waals surface area contributed by atoms with Crippen LogP contribution in [0.25, 0.3) is 16.9 Å². The van der Waals surface area contributed by atoms with E-state index in [0.717, 1.165) is 5.56 Å². The number of benzene rings is 2. The van der Waals surface area contributed by atoms with Crippen LogP contribution in [0.2, 0.25) is 5.02 Å². The van der Waals surface area contributed by atoms with E-state index in [0.29, 0.717) is 17.3 Å². The minimum atomic E-state index is -0.521. The summed E-state index contributed by atoms with van der Waals surface area (Å²) in [6.07, 6.45) is 1.51. The van der Waals surface area contributed by atoms with Gasteiger partial charge in [-0.25, -0.2) is 18.7 Å². The Morgan fingerprint density at radius 1 is 1.07 bits per heavy atom. The number of nitrogens with zero attached hydrogens (tertiary/aromatic N) is 4. The van der Waals surface area contributed by atoms with Gasteiger partial charge in [0.05, 0.1) is 18.6 Å². The molecule has 0 aliphatic carbocycles. The van der Waals surface area contributed by atoms with Gasteiger partial charge in [-0.1, -0.05) is 29.8 Å². The molecule has 0 atom stereocenters. The first-order valence-electron chi connectivity index (χ1n) is 9.10. The summed E-state index contributed by atoms with van der Waals surface area (Å²) in [5.74, 6) is -0.417. The van der Waals surface area contributed by atoms with Crippen molar-refractivity contribution in [3.63, 3.8) is 0 Å². The molecule has 0 bridgehead atoms. The Balaban J connectivity index is 2.03. The summed E-state index contributed by atoms with van der Waals surface area (Å²) in [6.45, 7) is 3.85. The van der Waals surface area contributed by atoms with Crippen LogP contribution in [-0.2, 0) is 6.54 Å². The summed E-state index contributed by atoms with van der Waals surface area (Å²) < 4.78 is 17.6. The van der Waals surface area contributed by atoms with Gasteiger partial charge in [0.1, 0.15) is 5.82 Å². The molecular weight excluding hydrogens is 395 g/mol. The molecule has 8 heteroatoms. The van der Waals surface area contributed by atoms with Crippen molar-refractivity contribution in [1.29, 1.82) is 0 Å². The topological polar surface area (TPSA) is 61.8 Å². The molecule has 2 aromatic carbocycles. The Morgan fingerprint density at radius 3 is 2.41 bits per heavy atom. The highest BCUT2D eigenvalue weighted by molar-refractivity contribution is 6.31. The zero-order valence-corrected chi connectivity index (χ0v) is 16.6. The molecule has 6 nitrogen and oxygen atoms in total. The van der Waals surface area contributed by atoms with Gasteiger partial charge in [0, 0.05) is 11.1 Å². The zero-order chi connectivity index (χ0) is 20.7. The second-order valence-corrected chi connectivity index (χ2v) is 7.41. The third-order valence-corrected chi connectivity index (χ3v) is 5.12. The highest BCUT2D eigenvalue weighted by Crippen LogP contribution is 2.19. The first-order chi connectivity index (χ1) is 13.9. The minimum Gasteiger partial charge on any atom is -0.320 e. The fraction of sp³-hybridized carbons (Fsp3) is 0.190. The van der Waals surface area contributed by atoms with Crippen LogP contribution in [0, 0.1) is 5.82 Å². The van der Waals surface area contributed by atoms with E-state index in [2.05, 4.69) is 4.98 Å². The molecule has 0 saturated carbocycles. The Hall–Kier alpha value is -3.19. The third-order valence-electron chi connectivity index (χ3n) is 4.75. The van der Waals surface area contributed by atoms with Crippen molar-refractivity contribution in [1.82, 2.24) is 18.7 Å². The molecule has 0 spiro atoms. The molecule has 2 heterocycles. The Labute approximate surface area is 170 Å². The number of imidazole rings is 1. The fourth-order valence-electron chi connectivity index (χ4n) is 3.36. The molecule has 29 heavy (non-hydrogen) atoms. The van der Waals surface area contributed by atoms with Crippen LogP contribution in [0.3, 0.4) is 0 Å². The van der Waals surface area contributed by atoms with Gasteiger partial charge in [0.25, 0.3) is 5.56 Å². The highest BCUT2D eigenvalue weighted by Gasteiger charge is 2.21. The largest absolute Gasteiger partial charge is 0.337 e. The molecule has 0 fully saturated rings. The van der Waals surface area contributed by atoms with E-state index in [-0.39, 0.29) is 17.2 Å². The number of rotatable bonds is 4. The maximum absolute atomic E-state index is 13.4. The lowest BCUT2D eigenvalue weighted by atomic mass is 10.2. The second-order valence-electron chi connectivity index (χ2n) is 7.00. The van der Waals surface area contributed by atoms with E-state index in [1.807, 2.05) is 18.2 Å². The second kappa shape index (κ2) is 7.33. The van der Waals surface area contributed by atoms with E-state index in [4.69, 9.17) is 11.6 Å². The Morgan fingerprint density at radius 2 is 1.76 bits per heavy atom. The van der Waals surface area contributed by atoms with Crippen LogP contribution in [0.15, 0.2) is 64.4 Å². The van der Waals surface area contributed by atoms with Crippen molar-refractivity contribution in [3.8, 4) is 5.69 Å². The summed E-state index contributed by atoms with van der Waals surface area (Å²) in [6, 6.07) is 12.5. The van der Waals surface area contributed by atoms with Gasteiger partial charge in [-0.05, 0) is 49.7 Å². The van der Waals surface area contributed by atoms with Gasteiger partial charge in [-0.2, -0.15) is 0 Å². The van der Waals surface area contributed by atoms with E-state index >= 15 is 0 Å². The predicted octanol–water partition coefficient (Wildman–Crippen LogP) is 3.77. The highest BCUT2D eigenvalue weighted by atomic mass is 35.5. The van der Waals surface area contributed by atoms with Crippen molar-refractivity contribution in [2.45, 2.75) is 26.4 Å². The molecule has 4 rings (SSSR count). The Bertz CT molecular complexity index is 1320. The van der Waals surface area contributed by atoms with E-state index in [9.17, 15) is 14.0 Å². The van der Waals surface area contributed by atoms with Gasteiger partial charge >= 0.3 is 5.69 Å². The van der Waals surface area contributed by atoms with Crippen LogP contribution in [0.5, 0.6) is 0 Å². The van der Waals surface area contributed by atoms with Crippen LogP contribution in [-0.4, -0.2) is 18.7 Å². The number of aromatic nitrogens is 4. The van der Waals surface area contributed by atoms with Crippen molar-refractivity contribution in [2.24, 2.45) is 0 Å². The van der Waals surface area contributed by atoms with E-state index < -0.39 is 17.1 Å². The molecule has 0 aliphatic rings. The number of hydrogen-bond donors (Lipinski definition) is 0. The lowest BCUT2D eigenvalue weighted by Crippen LogP contribution is -2.41. The molecule has 148 valence electrons. The number of hydrogen-bond acceptors (Lipinski definition) is 3. The first-order valence-corrected chi connectivity index (χ1v) is 9.48. The Kier molecular flexibility index (Phi) is 4.84. The van der Waals surface area contributed by atoms with Gasteiger partial charge < -0.3 is 4.57 Å². The number of fused-ring (bicyclic) bond motifs is 1. The standard InChI is InChI=1S/C21H18ClFN4O2/c1-13(2)26-20(28)18-19(27(21(26)29)16-9-7-15(23)8-10-16)24-12-25(18)11-14-5-3-4-6-17(14)22/h3-10,12-13H,11H2,1-2H3. The fourth-order valence-corrected chi connectivity index (χ4v) is 3.56. The molecule has 0 N–H and O–H groups in total. The SMILES string of the molecule is CC(C)n1c(=O)c2c(ncn2Cc2ccccc2Cl)n(-c2ccc(F)cc2)c1=O. The molecule has 4 aromatic rings.